The lowest BCUT2D eigenvalue weighted by molar-refractivity contribution is -0.161. The normalized spacial score (nSPS) is 27.3. The number of carboxylic acids is 1. The van der Waals surface area contributed by atoms with E-state index >= 15 is 0 Å². The number of para-hydroxylation sites is 1. The lowest BCUT2D eigenvalue weighted by atomic mass is 9.96. The maximum atomic E-state index is 12.3. The predicted octanol–water partition coefficient (Wildman–Crippen LogP) is 0.443. The monoisotopic (exact) mass is 349 g/mol. The molecule has 0 bridgehead atoms. The highest BCUT2D eigenvalue weighted by molar-refractivity contribution is 8.01. The molecule has 24 heavy (non-hydrogen) atoms. The topological polar surface area (TPSA) is 113 Å². The molecule has 3 rings (SSSR count). The summed E-state index contributed by atoms with van der Waals surface area (Å²) in [6, 6.07) is 5.49. The number of β-lactam (4-membered cyclic amide) rings is 1. The van der Waals surface area contributed by atoms with E-state index in [0.29, 0.717) is 11.3 Å². The van der Waals surface area contributed by atoms with Crippen molar-refractivity contribution < 1.29 is 19.5 Å². The zero-order valence-corrected chi connectivity index (χ0v) is 14.2. The average Bonchev–Trinajstić information content (AvgIpc) is 2.76. The van der Waals surface area contributed by atoms with Crippen molar-refractivity contribution in [2.45, 2.75) is 42.5 Å². The molecule has 1 aromatic rings. The lowest BCUT2D eigenvalue weighted by Gasteiger charge is -2.43. The number of fused-ring (bicyclic) bond motifs is 1. The van der Waals surface area contributed by atoms with Crippen molar-refractivity contribution in [2.75, 3.05) is 5.73 Å². The Morgan fingerprint density at radius 2 is 2.04 bits per heavy atom. The number of hydrogen-bond acceptors (Lipinski definition) is 5. The Hall–Kier alpha value is -2.22. The molecular formula is C16H19N3O4S. The lowest BCUT2D eigenvalue weighted by Crippen LogP contribution is -2.70. The summed E-state index contributed by atoms with van der Waals surface area (Å²) in [5.74, 6) is -1.67. The van der Waals surface area contributed by atoms with E-state index in [0.717, 1.165) is 0 Å². The van der Waals surface area contributed by atoms with Crippen LogP contribution in [0.4, 0.5) is 5.69 Å². The Bertz CT molecular complexity index is 721. The van der Waals surface area contributed by atoms with Crippen molar-refractivity contribution in [3.63, 3.8) is 0 Å². The van der Waals surface area contributed by atoms with E-state index in [9.17, 15) is 19.5 Å². The van der Waals surface area contributed by atoms with E-state index in [1.165, 1.54) is 16.7 Å². The number of benzene rings is 1. The van der Waals surface area contributed by atoms with E-state index in [-0.39, 0.29) is 23.6 Å². The number of carboxylic acid groups (broad SMARTS) is 1. The quantitative estimate of drug-likeness (QED) is 0.537. The van der Waals surface area contributed by atoms with Gasteiger partial charge < -0.3 is 21.1 Å². The number of hydrogen-bond donors (Lipinski definition) is 3. The van der Waals surface area contributed by atoms with Crippen molar-refractivity contribution in [3.05, 3.63) is 29.8 Å². The molecule has 3 unspecified atom stereocenters. The minimum atomic E-state index is -1.02. The van der Waals surface area contributed by atoms with Crippen LogP contribution in [0.15, 0.2) is 24.3 Å². The molecule has 7 nitrogen and oxygen atoms in total. The summed E-state index contributed by atoms with van der Waals surface area (Å²) in [7, 11) is 0. The maximum absolute atomic E-state index is 12.3. The summed E-state index contributed by atoms with van der Waals surface area (Å²) in [6.07, 6.45) is 0.0829. The minimum Gasteiger partial charge on any atom is -0.480 e. The molecule has 2 aliphatic rings. The number of aliphatic carboxylic acids is 1. The van der Waals surface area contributed by atoms with E-state index in [1.54, 1.807) is 38.1 Å². The molecule has 4 N–H and O–H groups in total. The van der Waals surface area contributed by atoms with Crippen molar-refractivity contribution in [1.82, 2.24) is 10.2 Å². The van der Waals surface area contributed by atoms with E-state index in [1.807, 2.05) is 0 Å². The Balaban J connectivity index is 1.68. The number of rotatable bonds is 4. The van der Waals surface area contributed by atoms with Crippen LogP contribution in [0, 0.1) is 0 Å². The highest BCUT2D eigenvalue weighted by Gasteiger charge is 2.64. The number of thioether (sulfide) groups is 1. The molecule has 2 heterocycles. The van der Waals surface area contributed by atoms with Gasteiger partial charge in [-0.15, -0.1) is 11.8 Å². The van der Waals surface area contributed by atoms with Crippen molar-refractivity contribution in [2.24, 2.45) is 0 Å². The van der Waals surface area contributed by atoms with Gasteiger partial charge in [-0.2, -0.15) is 0 Å². The second-order valence-corrected chi connectivity index (χ2v) is 8.29. The molecule has 2 fully saturated rings. The standard InChI is InChI=1S/C16H19N3O4S/c1-16(2)12(15(22)23)19-13(21)11(14(19)24-16)18-10(20)7-8-5-3-4-6-9(8)17/h3-6,11-12,14H,7,17H2,1-2H3,(H,18,20)(H,22,23). The third kappa shape index (κ3) is 2.60. The Labute approximate surface area is 143 Å². The molecule has 128 valence electrons. The van der Waals surface area contributed by atoms with Gasteiger partial charge in [-0.1, -0.05) is 18.2 Å². The summed E-state index contributed by atoms with van der Waals surface area (Å²) in [4.78, 5) is 37.3. The summed E-state index contributed by atoms with van der Waals surface area (Å²) in [5.41, 5.74) is 7.04. The number of carbonyl (C=O) groups is 3. The van der Waals surface area contributed by atoms with Gasteiger partial charge in [-0.3, -0.25) is 9.59 Å². The number of amides is 2. The first-order valence-corrected chi connectivity index (χ1v) is 8.46. The molecule has 2 aliphatic heterocycles. The maximum Gasteiger partial charge on any atom is 0.327 e. The van der Waals surface area contributed by atoms with Crippen LogP contribution in [-0.2, 0) is 20.8 Å². The minimum absolute atomic E-state index is 0.0829. The van der Waals surface area contributed by atoms with Gasteiger partial charge >= 0.3 is 5.97 Å². The van der Waals surface area contributed by atoms with Crippen LogP contribution in [0.5, 0.6) is 0 Å². The molecule has 0 radical (unpaired) electrons. The van der Waals surface area contributed by atoms with Gasteiger partial charge in [0.1, 0.15) is 17.5 Å². The van der Waals surface area contributed by atoms with Gasteiger partial charge in [0.15, 0.2) is 0 Å². The first-order chi connectivity index (χ1) is 11.2. The summed E-state index contributed by atoms with van der Waals surface area (Å²) in [6.45, 7) is 3.59. The molecule has 8 heteroatoms. The van der Waals surface area contributed by atoms with Crippen LogP contribution in [-0.4, -0.2) is 50.0 Å². The highest BCUT2D eigenvalue weighted by Crippen LogP contribution is 2.50. The number of anilines is 1. The van der Waals surface area contributed by atoms with Gasteiger partial charge in [-0.05, 0) is 25.5 Å². The first kappa shape index (κ1) is 16.6. The van der Waals surface area contributed by atoms with Crippen molar-refractivity contribution in [1.29, 1.82) is 0 Å². The van der Waals surface area contributed by atoms with E-state index in [4.69, 9.17) is 5.73 Å². The van der Waals surface area contributed by atoms with Crippen LogP contribution in [0.25, 0.3) is 0 Å². The SMILES string of the molecule is CC1(C)SC2C(NC(=O)Cc3ccccc3N)C(=O)N2C1C(=O)O. The zero-order chi connectivity index (χ0) is 17.6. The fraction of sp³-hybridized carbons (Fsp3) is 0.438. The van der Waals surface area contributed by atoms with Gasteiger partial charge in [0.25, 0.3) is 0 Å². The summed E-state index contributed by atoms with van der Waals surface area (Å²) >= 11 is 1.40. The van der Waals surface area contributed by atoms with Gasteiger partial charge in [-0.25, -0.2) is 4.79 Å². The Morgan fingerprint density at radius 1 is 1.38 bits per heavy atom. The second kappa shape index (κ2) is 5.70. The average molecular weight is 349 g/mol. The molecule has 1 aromatic carbocycles. The van der Waals surface area contributed by atoms with Gasteiger partial charge in [0, 0.05) is 10.4 Å². The van der Waals surface area contributed by atoms with Crippen LogP contribution in [0.3, 0.4) is 0 Å². The Morgan fingerprint density at radius 3 is 2.67 bits per heavy atom. The van der Waals surface area contributed by atoms with E-state index < -0.39 is 22.8 Å². The second-order valence-electron chi connectivity index (χ2n) is 6.52. The van der Waals surface area contributed by atoms with Gasteiger partial charge in [0.2, 0.25) is 11.8 Å². The van der Waals surface area contributed by atoms with Crippen LogP contribution >= 0.6 is 11.8 Å². The third-order valence-electron chi connectivity index (χ3n) is 4.40. The molecule has 2 saturated heterocycles. The van der Waals surface area contributed by atoms with Gasteiger partial charge in [0.05, 0.1) is 6.42 Å². The fourth-order valence-electron chi connectivity index (χ4n) is 3.24. The van der Waals surface area contributed by atoms with Crippen LogP contribution < -0.4 is 11.1 Å². The smallest absolute Gasteiger partial charge is 0.327 e. The molecule has 2 amide bonds. The molecule has 0 spiro atoms. The molecule has 0 aliphatic carbocycles. The molecule has 0 aromatic heterocycles. The number of nitrogens with two attached hydrogens (primary N) is 1. The first-order valence-electron chi connectivity index (χ1n) is 7.58. The summed E-state index contributed by atoms with van der Waals surface area (Å²) < 4.78 is -0.602. The number of carbonyl (C=O) groups excluding carboxylic acids is 2. The largest absolute Gasteiger partial charge is 0.480 e. The van der Waals surface area contributed by atoms with Crippen molar-refractivity contribution >= 4 is 35.2 Å². The van der Waals surface area contributed by atoms with Crippen LogP contribution in [0.1, 0.15) is 19.4 Å². The van der Waals surface area contributed by atoms with Crippen molar-refractivity contribution in [3.8, 4) is 0 Å². The molecular weight excluding hydrogens is 330 g/mol. The number of nitrogen functional groups attached to an aromatic ring is 1. The zero-order valence-electron chi connectivity index (χ0n) is 13.4. The predicted molar refractivity (Wildman–Crippen MR) is 90.2 cm³/mol. The third-order valence-corrected chi connectivity index (χ3v) is 5.97. The number of nitrogens with zero attached hydrogens (tertiary/aromatic N) is 1. The number of nitrogens with one attached hydrogen (secondary N) is 1. The fourth-order valence-corrected chi connectivity index (χ4v) is 4.86. The Kier molecular flexibility index (Phi) is 3.95. The highest BCUT2D eigenvalue weighted by atomic mass is 32.2. The van der Waals surface area contributed by atoms with Crippen LogP contribution in [0.2, 0.25) is 0 Å². The van der Waals surface area contributed by atoms with E-state index in [2.05, 4.69) is 5.32 Å². The molecule has 0 saturated carbocycles. The summed E-state index contributed by atoms with van der Waals surface area (Å²) in [5, 5.41) is 11.7. The molecule has 3 atom stereocenters.